The van der Waals surface area contributed by atoms with E-state index in [1.165, 1.54) is 0 Å². The lowest BCUT2D eigenvalue weighted by Gasteiger charge is -2.09. The topological polar surface area (TPSA) is 26.0 Å². The highest BCUT2D eigenvalue weighted by Gasteiger charge is 2.05. The average molecular weight is 264 g/mol. The van der Waals surface area contributed by atoms with Crippen LogP contribution < -0.4 is 5.73 Å². The molecule has 1 nitrogen and oxygen atoms in total. The van der Waals surface area contributed by atoms with Gasteiger partial charge in [-0.05, 0) is 18.1 Å². The molecule has 0 amide bonds. The summed E-state index contributed by atoms with van der Waals surface area (Å²) in [5, 5.41) is 1.28. The minimum atomic E-state index is 0.271. The van der Waals surface area contributed by atoms with Crippen LogP contribution in [0.1, 0.15) is 18.9 Å². The predicted molar refractivity (Wildman–Crippen MR) is 70.9 cm³/mol. The second-order valence-corrected chi connectivity index (χ2v) is 5.21. The van der Waals surface area contributed by atoms with Crippen LogP contribution in [0.3, 0.4) is 0 Å². The Labute approximate surface area is 105 Å². The molecule has 0 aliphatic rings. The Morgan fingerprint density at radius 3 is 2.80 bits per heavy atom. The van der Waals surface area contributed by atoms with E-state index in [2.05, 4.69) is 6.92 Å². The maximum Gasteiger partial charge on any atom is 0.0632 e. The summed E-state index contributed by atoms with van der Waals surface area (Å²) in [6.07, 6.45) is 1.01. The van der Waals surface area contributed by atoms with Crippen LogP contribution in [0.15, 0.2) is 18.2 Å². The Hall–Kier alpha value is 0.110. The third kappa shape index (κ3) is 4.23. The molecule has 0 heterocycles. The van der Waals surface area contributed by atoms with Crippen LogP contribution in [-0.2, 0) is 5.75 Å². The van der Waals surface area contributed by atoms with Crippen molar-refractivity contribution >= 4 is 35.0 Å². The van der Waals surface area contributed by atoms with Gasteiger partial charge in [-0.1, -0.05) is 42.3 Å². The summed E-state index contributed by atoms with van der Waals surface area (Å²) in [4.78, 5) is 0. The fourth-order valence-corrected chi connectivity index (χ4v) is 2.68. The van der Waals surface area contributed by atoms with Gasteiger partial charge < -0.3 is 5.73 Å². The predicted octanol–water partition coefficient (Wildman–Crippen LogP) is 3.96. The SMILES string of the molecule is CCC(N)CSCc1cccc(Cl)c1Cl. The van der Waals surface area contributed by atoms with Gasteiger partial charge in [0.2, 0.25) is 0 Å². The van der Waals surface area contributed by atoms with Crippen molar-refractivity contribution in [1.82, 2.24) is 0 Å². The highest BCUT2D eigenvalue weighted by Crippen LogP contribution is 2.28. The van der Waals surface area contributed by atoms with Gasteiger partial charge in [-0.2, -0.15) is 11.8 Å². The average Bonchev–Trinajstić information content (AvgIpc) is 2.24. The Bertz CT molecular complexity index is 317. The largest absolute Gasteiger partial charge is 0.327 e. The summed E-state index contributed by atoms with van der Waals surface area (Å²) in [6, 6.07) is 5.99. The second-order valence-electron chi connectivity index (χ2n) is 3.40. The molecule has 0 radical (unpaired) electrons. The first kappa shape index (κ1) is 13.2. The van der Waals surface area contributed by atoms with Crippen LogP contribution in [0.5, 0.6) is 0 Å². The minimum Gasteiger partial charge on any atom is -0.327 e. The van der Waals surface area contributed by atoms with E-state index in [0.717, 1.165) is 23.5 Å². The summed E-state index contributed by atoms with van der Waals surface area (Å²) in [5.41, 5.74) is 6.91. The normalized spacial score (nSPS) is 12.8. The van der Waals surface area contributed by atoms with E-state index < -0.39 is 0 Å². The standard InChI is InChI=1S/C11H15Cl2NS/c1-2-9(14)7-15-6-8-4-3-5-10(12)11(8)13/h3-5,9H,2,6-7,14H2,1H3. The third-order valence-electron chi connectivity index (χ3n) is 2.15. The Balaban J connectivity index is 2.47. The number of halogens is 2. The van der Waals surface area contributed by atoms with E-state index in [4.69, 9.17) is 28.9 Å². The minimum absolute atomic E-state index is 0.271. The fourth-order valence-electron chi connectivity index (χ4n) is 1.10. The molecule has 0 spiro atoms. The van der Waals surface area contributed by atoms with Gasteiger partial charge in [0.15, 0.2) is 0 Å². The van der Waals surface area contributed by atoms with Gasteiger partial charge in [0.1, 0.15) is 0 Å². The zero-order valence-corrected chi connectivity index (χ0v) is 11.0. The number of thioether (sulfide) groups is 1. The van der Waals surface area contributed by atoms with Gasteiger partial charge in [-0.15, -0.1) is 0 Å². The van der Waals surface area contributed by atoms with Crippen LogP contribution >= 0.6 is 35.0 Å². The van der Waals surface area contributed by atoms with E-state index in [1.54, 1.807) is 17.8 Å². The lowest BCUT2D eigenvalue weighted by Crippen LogP contribution is -2.21. The summed E-state index contributed by atoms with van der Waals surface area (Å²) in [5.74, 6) is 1.83. The van der Waals surface area contributed by atoms with Crippen molar-refractivity contribution in [3.63, 3.8) is 0 Å². The summed E-state index contributed by atoms with van der Waals surface area (Å²) >= 11 is 13.8. The van der Waals surface area contributed by atoms with Crippen molar-refractivity contribution < 1.29 is 0 Å². The van der Waals surface area contributed by atoms with Crippen LogP contribution in [0.4, 0.5) is 0 Å². The van der Waals surface area contributed by atoms with Crippen LogP contribution in [-0.4, -0.2) is 11.8 Å². The van der Waals surface area contributed by atoms with Crippen molar-refractivity contribution in [3.8, 4) is 0 Å². The summed E-state index contributed by atoms with van der Waals surface area (Å²) < 4.78 is 0. The number of nitrogens with two attached hydrogens (primary N) is 1. The molecule has 0 saturated carbocycles. The molecule has 15 heavy (non-hydrogen) atoms. The molecule has 1 aromatic rings. The van der Waals surface area contributed by atoms with E-state index in [1.807, 2.05) is 12.1 Å². The lowest BCUT2D eigenvalue weighted by atomic mass is 10.2. The molecule has 1 aromatic carbocycles. The number of hydrogen-bond donors (Lipinski definition) is 1. The monoisotopic (exact) mass is 263 g/mol. The molecule has 4 heteroatoms. The van der Waals surface area contributed by atoms with Gasteiger partial charge in [0.05, 0.1) is 10.0 Å². The quantitative estimate of drug-likeness (QED) is 0.871. The van der Waals surface area contributed by atoms with E-state index in [9.17, 15) is 0 Å². The second kappa shape index (κ2) is 6.64. The molecule has 0 fully saturated rings. The Morgan fingerprint density at radius 1 is 1.40 bits per heavy atom. The van der Waals surface area contributed by atoms with Crippen molar-refractivity contribution in [2.24, 2.45) is 5.73 Å². The smallest absolute Gasteiger partial charge is 0.0632 e. The van der Waals surface area contributed by atoms with Crippen LogP contribution in [0.2, 0.25) is 10.0 Å². The first-order chi connectivity index (χ1) is 7.15. The lowest BCUT2D eigenvalue weighted by molar-refractivity contribution is 0.725. The molecule has 0 saturated heterocycles. The maximum atomic E-state index is 6.07. The number of hydrogen-bond acceptors (Lipinski definition) is 2. The first-order valence-electron chi connectivity index (χ1n) is 4.91. The van der Waals surface area contributed by atoms with Crippen LogP contribution in [0.25, 0.3) is 0 Å². The van der Waals surface area contributed by atoms with Crippen LogP contribution in [0, 0.1) is 0 Å². The van der Waals surface area contributed by atoms with E-state index >= 15 is 0 Å². The molecule has 0 aromatic heterocycles. The third-order valence-corrected chi connectivity index (χ3v) is 4.18. The first-order valence-corrected chi connectivity index (χ1v) is 6.82. The molecule has 1 rings (SSSR count). The van der Waals surface area contributed by atoms with Gasteiger partial charge >= 0.3 is 0 Å². The molecule has 2 N–H and O–H groups in total. The molecule has 0 aliphatic heterocycles. The molecule has 84 valence electrons. The molecule has 1 unspecified atom stereocenters. The maximum absolute atomic E-state index is 6.07. The highest BCUT2D eigenvalue weighted by atomic mass is 35.5. The van der Waals surface area contributed by atoms with Crippen molar-refractivity contribution in [2.45, 2.75) is 25.1 Å². The zero-order valence-electron chi connectivity index (χ0n) is 8.67. The summed E-state index contributed by atoms with van der Waals surface area (Å²) in [6.45, 7) is 2.09. The number of rotatable bonds is 5. The summed E-state index contributed by atoms with van der Waals surface area (Å²) in [7, 11) is 0. The molecule has 1 atom stereocenters. The van der Waals surface area contributed by atoms with Gasteiger partial charge in [0.25, 0.3) is 0 Å². The molecular formula is C11H15Cl2NS. The Kier molecular flexibility index (Phi) is 5.83. The molecular weight excluding hydrogens is 249 g/mol. The van der Waals surface area contributed by atoms with Crippen molar-refractivity contribution in [2.75, 3.05) is 5.75 Å². The Morgan fingerprint density at radius 2 is 2.13 bits per heavy atom. The molecule has 0 aliphatic carbocycles. The van der Waals surface area contributed by atoms with Crippen molar-refractivity contribution in [1.29, 1.82) is 0 Å². The zero-order chi connectivity index (χ0) is 11.3. The highest BCUT2D eigenvalue weighted by molar-refractivity contribution is 7.98. The van der Waals surface area contributed by atoms with E-state index in [-0.39, 0.29) is 6.04 Å². The fraction of sp³-hybridized carbons (Fsp3) is 0.455. The van der Waals surface area contributed by atoms with Crippen molar-refractivity contribution in [3.05, 3.63) is 33.8 Å². The van der Waals surface area contributed by atoms with E-state index in [0.29, 0.717) is 10.0 Å². The van der Waals surface area contributed by atoms with Gasteiger partial charge in [-0.25, -0.2) is 0 Å². The molecule has 0 bridgehead atoms. The van der Waals surface area contributed by atoms with Gasteiger partial charge in [-0.3, -0.25) is 0 Å². The van der Waals surface area contributed by atoms with Gasteiger partial charge in [0, 0.05) is 17.5 Å². The number of benzene rings is 1.